The lowest BCUT2D eigenvalue weighted by Gasteiger charge is -2.34. The second kappa shape index (κ2) is 6.25. The molecular weight excluding hydrogens is 255 g/mol. The fourth-order valence-corrected chi connectivity index (χ4v) is 3.18. The Bertz CT molecular complexity index is 308. The molecule has 2 fully saturated rings. The van der Waals surface area contributed by atoms with Crippen molar-refractivity contribution in [2.24, 2.45) is 11.8 Å². The van der Waals surface area contributed by atoms with E-state index in [-0.39, 0.29) is 18.8 Å². The van der Waals surface area contributed by atoms with E-state index in [0.717, 1.165) is 25.7 Å². The SMILES string of the molecule is O=C1CCCCCC1CN1CCC(C(F)(F)F)CC1. The second-order valence-electron chi connectivity index (χ2n) is 5.88. The predicted octanol–water partition coefficient (Wildman–Crippen LogP) is 3.41. The van der Waals surface area contributed by atoms with Gasteiger partial charge in [0.15, 0.2) is 0 Å². The Morgan fingerprint density at radius 3 is 2.37 bits per heavy atom. The van der Waals surface area contributed by atoms with Gasteiger partial charge in [0.25, 0.3) is 0 Å². The van der Waals surface area contributed by atoms with Crippen LogP contribution in [-0.4, -0.2) is 36.5 Å². The fraction of sp³-hybridized carbons (Fsp3) is 0.929. The van der Waals surface area contributed by atoms with Crippen molar-refractivity contribution in [2.45, 2.75) is 51.1 Å². The van der Waals surface area contributed by atoms with Crippen molar-refractivity contribution >= 4 is 5.78 Å². The Labute approximate surface area is 112 Å². The van der Waals surface area contributed by atoms with Crippen LogP contribution in [0.5, 0.6) is 0 Å². The van der Waals surface area contributed by atoms with Gasteiger partial charge >= 0.3 is 6.18 Å². The van der Waals surface area contributed by atoms with E-state index in [1.54, 1.807) is 0 Å². The number of ketones is 1. The summed E-state index contributed by atoms with van der Waals surface area (Å²) < 4.78 is 37.7. The van der Waals surface area contributed by atoms with Gasteiger partial charge in [-0.3, -0.25) is 4.79 Å². The monoisotopic (exact) mass is 277 g/mol. The summed E-state index contributed by atoms with van der Waals surface area (Å²) in [5, 5.41) is 0. The van der Waals surface area contributed by atoms with Gasteiger partial charge in [0.1, 0.15) is 5.78 Å². The summed E-state index contributed by atoms with van der Waals surface area (Å²) in [7, 11) is 0. The molecule has 2 aliphatic rings. The summed E-state index contributed by atoms with van der Waals surface area (Å²) >= 11 is 0. The van der Waals surface area contributed by atoms with Crippen LogP contribution in [0.3, 0.4) is 0 Å². The van der Waals surface area contributed by atoms with Crippen LogP contribution in [0.15, 0.2) is 0 Å². The topological polar surface area (TPSA) is 20.3 Å². The minimum atomic E-state index is -4.05. The molecule has 1 heterocycles. The van der Waals surface area contributed by atoms with Crippen LogP contribution in [0.4, 0.5) is 13.2 Å². The summed E-state index contributed by atoms with van der Waals surface area (Å²) in [4.78, 5) is 14.0. The molecule has 1 saturated heterocycles. The smallest absolute Gasteiger partial charge is 0.303 e. The minimum absolute atomic E-state index is 0.0601. The molecule has 0 amide bonds. The van der Waals surface area contributed by atoms with E-state index in [0.29, 0.717) is 31.8 Å². The third-order valence-corrected chi connectivity index (χ3v) is 4.46. The van der Waals surface area contributed by atoms with Gasteiger partial charge in [0.2, 0.25) is 0 Å². The molecule has 5 heteroatoms. The van der Waals surface area contributed by atoms with Crippen LogP contribution in [0.2, 0.25) is 0 Å². The molecule has 0 aromatic heterocycles. The van der Waals surface area contributed by atoms with E-state index in [2.05, 4.69) is 4.90 Å². The van der Waals surface area contributed by atoms with Crippen LogP contribution in [-0.2, 0) is 4.79 Å². The zero-order valence-corrected chi connectivity index (χ0v) is 11.2. The fourth-order valence-electron chi connectivity index (χ4n) is 3.18. The molecule has 1 atom stereocenters. The molecule has 1 saturated carbocycles. The lowest BCUT2D eigenvalue weighted by Crippen LogP contribution is -2.42. The minimum Gasteiger partial charge on any atom is -0.303 e. The van der Waals surface area contributed by atoms with E-state index in [9.17, 15) is 18.0 Å². The van der Waals surface area contributed by atoms with E-state index in [1.165, 1.54) is 0 Å². The van der Waals surface area contributed by atoms with Crippen molar-refractivity contribution in [1.29, 1.82) is 0 Å². The van der Waals surface area contributed by atoms with Crippen LogP contribution in [0, 0.1) is 11.8 Å². The summed E-state index contributed by atoms with van der Waals surface area (Å²) in [6.07, 6.45) is 1.06. The largest absolute Gasteiger partial charge is 0.391 e. The van der Waals surface area contributed by atoms with Crippen molar-refractivity contribution in [1.82, 2.24) is 4.90 Å². The Morgan fingerprint density at radius 1 is 1.05 bits per heavy atom. The van der Waals surface area contributed by atoms with Gasteiger partial charge in [0, 0.05) is 18.9 Å². The van der Waals surface area contributed by atoms with Crippen molar-refractivity contribution < 1.29 is 18.0 Å². The number of carbonyl (C=O) groups is 1. The molecule has 110 valence electrons. The number of hydrogen-bond acceptors (Lipinski definition) is 2. The van der Waals surface area contributed by atoms with Gasteiger partial charge in [-0.1, -0.05) is 12.8 Å². The van der Waals surface area contributed by atoms with Crippen molar-refractivity contribution in [2.75, 3.05) is 19.6 Å². The zero-order valence-electron chi connectivity index (χ0n) is 11.2. The third kappa shape index (κ3) is 4.20. The Hall–Kier alpha value is -0.580. The van der Waals surface area contributed by atoms with E-state index in [1.807, 2.05) is 0 Å². The predicted molar refractivity (Wildman–Crippen MR) is 66.8 cm³/mol. The number of piperidine rings is 1. The molecule has 0 N–H and O–H groups in total. The highest BCUT2D eigenvalue weighted by Gasteiger charge is 2.41. The number of hydrogen-bond donors (Lipinski definition) is 0. The van der Waals surface area contributed by atoms with Crippen molar-refractivity contribution in [3.8, 4) is 0 Å². The molecule has 19 heavy (non-hydrogen) atoms. The molecule has 0 spiro atoms. The first-order valence-corrected chi connectivity index (χ1v) is 7.28. The average molecular weight is 277 g/mol. The average Bonchev–Trinajstić information content (AvgIpc) is 2.55. The van der Waals surface area contributed by atoms with E-state index < -0.39 is 12.1 Å². The van der Waals surface area contributed by atoms with Crippen molar-refractivity contribution in [3.63, 3.8) is 0 Å². The summed E-state index contributed by atoms with van der Waals surface area (Å²) in [6, 6.07) is 0. The Kier molecular flexibility index (Phi) is 4.87. The van der Waals surface area contributed by atoms with Gasteiger partial charge in [-0.2, -0.15) is 13.2 Å². The Morgan fingerprint density at radius 2 is 1.74 bits per heavy atom. The van der Waals surface area contributed by atoms with Crippen LogP contribution >= 0.6 is 0 Å². The maximum Gasteiger partial charge on any atom is 0.391 e. The first-order valence-electron chi connectivity index (χ1n) is 7.28. The van der Waals surface area contributed by atoms with Crippen LogP contribution in [0.1, 0.15) is 44.9 Å². The number of carbonyl (C=O) groups excluding carboxylic acids is 1. The van der Waals surface area contributed by atoms with Gasteiger partial charge in [0.05, 0.1) is 5.92 Å². The second-order valence-corrected chi connectivity index (χ2v) is 5.88. The quantitative estimate of drug-likeness (QED) is 0.721. The number of alkyl halides is 3. The molecule has 2 rings (SSSR count). The van der Waals surface area contributed by atoms with Gasteiger partial charge < -0.3 is 4.90 Å². The van der Waals surface area contributed by atoms with Gasteiger partial charge in [-0.15, -0.1) is 0 Å². The molecule has 0 aromatic rings. The van der Waals surface area contributed by atoms with Crippen molar-refractivity contribution in [3.05, 3.63) is 0 Å². The van der Waals surface area contributed by atoms with Gasteiger partial charge in [-0.25, -0.2) is 0 Å². The lowest BCUT2D eigenvalue weighted by molar-refractivity contribution is -0.185. The highest BCUT2D eigenvalue weighted by atomic mass is 19.4. The van der Waals surface area contributed by atoms with Gasteiger partial charge in [-0.05, 0) is 38.8 Å². The number of halogens is 3. The molecule has 0 bridgehead atoms. The highest BCUT2D eigenvalue weighted by Crippen LogP contribution is 2.34. The summed E-state index contributed by atoms with van der Waals surface area (Å²) in [6.45, 7) is 1.63. The highest BCUT2D eigenvalue weighted by molar-refractivity contribution is 5.81. The standard InChI is InChI=1S/C14H22F3NO/c15-14(16,17)12-6-8-18(9-7-12)10-11-4-2-1-3-5-13(11)19/h11-12H,1-10H2. The number of nitrogens with zero attached hydrogens (tertiary/aromatic N) is 1. The molecule has 0 radical (unpaired) electrons. The number of Topliss-reactive ketones (excluding diaryl/α,β-unsaturated/α-hetero) is 1. The lowest BCUT2D eigenvalue weighted by atomic mass is 9.93. The maximum absolute atomic E-state index is 12.6. The number of rotatable bonds is 2. The van der Waals surface area contributed by atoms with Crippen LogP contribution < -0.4 is 0 Å². The molecule has 1 aliphatic carbocycles. The third-order valence-electron chi connectivity index (χ3n) is 4.46. The molecular formula is C14H22F3NO. The van der Waals surface area contributed by atoms with Crippen LogP contribution in [0.25, 0.3) is 0 Å². The number of likely N-dealkylation sites (tertiary alicyclic amines) is 1. The van der Waals surface area contributed by atoms with E-state index in [4.69, 9.17) is 0 Å². The molecule has 1 unspecified atom stereocenters. The first kappa shape index (κ1) is 14.8. The normalized spacial score (nSPS) is 28.4. The molecule has 2 nitrogen and oxygen atoms in total. The summed E-state index contributed by atoms with van der Waals surface area (Å²) in [5.41, 5.74) is 0. The summed E-state index contributed by atoms with van der Waals surface area (Å²) in [5.74, 6) is -0.769. The molecule has 1 aliphatic heterocycles. The Balaban J connectivity index is 1.80. The molecule has 0 aromatic carbocycles. The maximum atomic E-state index is 12.6. The van der Waals surface area contributed by atoms with E-state index >= 15 is 0 Å². The zero-order chi connectivity index (χ0) is 13.9. The first-order chi connectivity index (χ1) is 8.97.